The van der Waals surface area contributed by atoms with Crippen LogP contribution in [0.25, 0.3) is 22.2 Å². The lowest BCUT2D eigenvalue weighted by Gasteiger charge is -2.36. The van der Waals surface area contributed by atoms with E-state index in [1.54, 1.807) is 18.5 Å². The monoisotopic (exact) mass is 486 g/mol. The number of carbonyl (C=O) groups excluding carboxylic acids is 1. The number of ether oxygens (including phenoxy) is 1. The van der Waals surface area contributed by atoms with Crippen LogP contribution in [0, 0.1) is 0 Å². The Morgan fingerprint density at radius 1 is 1.20 bits per heavy atom. The lowest BCUT2D eigenvalue weighted by atomic mass is 10.1. The van der Waals surface area contributed by atoms with Gasteiger partial charge in [0.15, 0.2) is 0 Å². The second-order valence-corrected chi connectivity index (χ2v) is 8.73. The number of hydrogen-bond acceptors (Lipinski definition) is 7. The number of nitrogens with zero attached hydrogens (tertiary/aromatic N) is 4. The fourth-order valence-corrected chi connectivity index (χ4v) is 4.07. The average Bonchev–Trinajstić information content (AvgIpc) is 2.84. The van der Waals surface area contributed by atoms with Crippen molar-refractivity contribution in [1.82, 2.24) is 19.9 Å². The quantitative estimate of drug-likeness (QED) is 0.359. The first-order valence-electron chi connectivity index (χ1n) is 11.1. The molecule has 35 heavy (non-hydrogen) atoms. The Hall–Kier alpha value is -4.01. The molecule has 1 aliphatic heterocycles. The Bertz CT molecular complexity index is 1420. The largest absolute Gasteiger partial charge is 0.486 e. The Kier molecular flexibility index (Phi) is 6.31. The molecular weight excluding hydrogens is 464 g/mol. The lowest BCUT2D eigenvalue weighted by molar-refractivity contribution is -0.111. The number of aromatic nitrogens is 3. The highest BCUT2D eigenvalue weighted by atomic mass is 35.5. The summed E-state index contributed by atoms with van der Waals surface area (Å²) in [5.41, 5.74) is 3.50. The molecule has 2 aromatic heterocycles. The molecule has 0 spiro atoms. The van der Waals surface area contributed by atoms with Crippen LogP contribution in [0.3, 0.4) is 0 Å². The molecule has 176 valence electrons. The van der Waals surface area contributed by atoms with Crippen LogP contribution in [-0.2, 0) is 4.79 Å². The number of nitrogens with one attached hydrogen (secondary N) is 2. The van der Waals surface area contributed by atoms with Gasteiger partial charge in [-0.15, -0.1) is 0 Å². The van der Waals surface area contributed by atoms with Gasteiger partial charge in [0.2, 0.25) is 11.9 Å². The summed E-state index contributed by atoms with van der Waals surface area (Å²) in [5.74, 6) is 0.664. The zero-order valence-electron chi connectivity index (χ0n) is 19.0. The highest BCUT2D eigenvalue weighted by Crippen LogP contribution is 2.32. The third kappa shape index (κ3) is 5.08. The third-order valence-corrected chi connectivity index (χ3v) is 5.84. The number of pyridine rings is 1. The summed E-state index contributed by atoms with van der Waals surface area (Å²) in [6.45, 7) is 5.21. The second kappa shape index (κ2) is 9.69. The molecule has 8 nitrogen and oxygen atoms in total. The molecule has 0 radical (unpaired) electrons. The van der Waals surface area contributed by atoms with E-state index in [0.717, 1.165) is 24.0 Å². The summed E-state index contributed by atoms with van der Waals surface area (Å²) in [6, 6.07) is 14.8. The van der Waals surface area contributed by atoms with Gasteiger partial charge in [-0.05, 0) is 49.5 Å². The minimum absolute atomic E-state index is 0.0828. The number of rotatable bonds is 7. The van der Waals surface area contributed by atoms with Crippen LogP contribution in [0.4, 0.5) is 17.3 Å². The van der Waals surface area contributed by atoms with Gasteiger partial charge >= 0.3 is 0 Å². The van der Waals surface area contributed by atoms with Gasteiger partial charge in [-0.3, -0.25) is 14.7 Å². The summed E-state index contributed by atoms with van der Waals surface area (Å²) in [7, 11) is 2.03. The fourth-order valence-electron chi connectivity index (χ4n) is 3.88. The van der Waals surface area contributed by atoms with Crippen molar-refractivity contribution in [1.29, 1.82) is 0 Å². The molecule has 1 amide bonds. The van der Waals surface area contributed by atoms with Gasteiger partial charge in [0, 0.05) is 47.1 Å². The van der Waals surface area contributed by atoms with Crippen molar-refractivity contribution in [3.63, 3.8) is 0 Å². The summed E-state index contributed by atoms with van der Waals surface area (Å²) in [5, 5.41) is 7.51. The molecule has 5 rings (SSSR count). The summed E-state index contributed by atoms with van der Waals surface area (Å²) >= 11 is 6.19. The van der Waals surface area contributed by atoms with Crippen LogP contribution in [-0.4, -0.2) is 52.0 Å². The molecule has 1 saturated heterocycles. The van der Waals surface area contributed by atoms with E-state index in [-0.39, 0.29) is 12.0 Å². The smallest absolute Gasteiger partial charge is 0.247 e. The number of likely N-dealkylation sites (N-methyl/N-ethyl adjacent to an activating group) is 1. The summed E-state index contributed by atoms with van der Waals surface area (Å²) in [4.78, 5) is 27.9. The molecule has 2 N–H and O–H groups in total. The number of carbonyl (C=O) groups is 1. The normalized spacial score (nSPS) is 13.8. The van der Waals surface area contributed by atoms with E-state index in [1.807, 2.05) is 49.5 Å². The topological polar surface area (TPSA) is 92.3 Å². The Labute approximate surface area is 207 Å². The van der Waals surface area contributed by atoms with Crippen molar-refractivity contribution in [2.45, 2.75) is 6.10 Å². The maximum atomic E-state index is 12.0. The number of likely N-dealkylation sites (tertiary alicyclic amines) is 1. The van der Waals surface area contributed by atoms with Gasteiger partial charge in [0.25, 0.3) is 0 Å². The molecule has 4 aromatic rings. The minimum atomic E-state index is -0.322. The third-order valence-electron chi connectivity index (χ3n) is 5.60. The fraction of sp³-hybridized carbons (Fsp3) is 0.154. The molecule has 0 atom stereocenters. The van der Waals surface area contributed by atoms with Gasteiger partial charge in [0.05, 0.1) is 11.4 Å². The van der Waals surface area contributed by atoms with E-state index in [1.165, 1.54) is 6.08 Å². The number of halogens is 1. The van der Waals surface area contributed by atoms with Gasteiger partial charge in [-0.2, -0.15) is 0 Å². The zero-order valence-corrected chi connectivity index (χ0v) is 19.8. The Morgan fingerprint density at radius 2 is 2.06 bits per heavy atom. The van der Waals surface area contributed by atoms with E-state index in [0.29, 0.717) is 39.3 Å². The van der Waals surface area contributed by atoms with E-state index < -0.39 is 0 Å². The molecule has 0 saturated carbocycles. The average molecular weight is 487 g/mol. The first kappa shape index (κ1) is 22.8. The van der Waals surface area contributed by atoms with Crippen molar-refractivity contribution in [3.05, 3.63) is 78.6 Å². The Balaban J connectivity index is 1.45. The molecular formula is C26H23ClN6O2. The number of anilines is 3. The molecule has 1 fully saturated rings. The number of hydrogen-bond donors (Lipinski definition) is 2. The zero-order chi connectivity index (χ0) is 24.4. The first-order valence-corrected chi connectivity index (χ1v) is 11.4. The van der Waals surface area contributed by atoms with Crippen molar-refractivity contribution in [3.8, 4) is 17.0 Å². The van der Waals surface area contributed by atoms with E-state index in [4.69, 9.17) is 21.3 Å². The van der Waals surface area contributed by atoms with Crippen LogP contribution in [0.2, 0.25) is 5.02 Å². The predicted molar refractivity (Wildman–Crippen MR) is 138 cm³/mol. The molecule has 0 bridgehead atoms. The van der Waals surface area contributed by atoms with Crippen LogP contribution in [0.15, 0.2) is 73.6 Å². The first-order chi connectivity index (χ1) is 17.0. The molecule has 2 aromatic carbocycles. The molecule has 1 aliphatic rings. The van der Waals surface area contributed by atoms with Crippen molar-refractivity contribution in [2.24, 2.45) is 0 Å². The Morgan fingerprint density at radius 3 is 2.83 bits per heavy atom. The highest BCUT2D eigenvalue weighted by Gasteiger charge is 2.26. The van der Waals surface area contributed by atoms with Crippen LogP contribution in [0.5, 0.6) is 5.75 Å². The van der Waals surface area contributed by atoms with Crippen molar-refractivity contribution >= 4 is 45.7 Å². The maximum Gasteiger partial charge on any atom is 0.247 e. The molecule has 3 heterocycles. The minimum Gasteiger partial charge on any atom is -0.486 e. The summed E-state index contributed by atoms with van der Waals surface area (Å²) < 4.78 is 6.07. The standard InChI is InChI=1S/C26H23ClN6O2/c1-3-23(34)31-21-12-19(7-8-22(21)35-20-14-33(2)15-20)30-26-29-13-17-9-10-28-24(25(17)32-26)16-5-4-6-18(27)11-16/h3-13,20H,1,14-15H2,2H3,(H,31,34)(H,29,30,32). The van der Waals surface area contributed by atoms with E-state index in [2.05, 4.69) is 32.1 Å². The molecule has 9 heteroatoms. The number of amides is 1. The van der Waals surface area contributed by atoms with Gasteiger partial charge in [0.1, 0.15) is 17.4 Å². The maximum absolute atomic E-state index is 12.0. The van der Waals surface area contributed by atoms with Gasteiger partial charge in [-0.1, -0.05) is 30.3 Å². The highest BCUT2D eigenvalue weighted by molar-refractivity contribution is 6.30. The van der Waals surface area contributed by atoms with Crippen molar-refractivity contribution < 1.29 is 9.53 Å². The molecule has 0 aliphatic carbocycles. The lowest BCUT2D eigenvalue weighted by Crippen LogP contribution is -2.51. The van der Waals surface area contributed by atoms with Crippen LogP contribution < -0.4 is 15.4 Å². The predicted octanol–water partition coefficient (Wildman–Crippen LogP) is 4.91. The summed E-state index contributed by atoms with van der Waals surface area (Å²) in [6.07, 6.45) is 4.77. The van der Waals surface area contributed by atoms with Gasteiger partial charge < -0.3 is 15.4 Å². The molecule has 0 unspecified atom stereocenters. The SMILES string of the molecule is C=CC(=O)Nc1cc(Nc2ncc3ccnc(-c4cccc(Cl)c4)c3n2)ccc1OC1CN(C)C1. The van der Waals surface area contributed by atoms with Crippen molar-refractivity contribution in [2.75, 3.05) is 30.8 Å². The van der Waals surface area contributed by atoms with E-state index in [9.17, 15) is 4.79 Å². The van der Waals surface area contributed by atoms with Crippen LogP contribution >= 0.6 is 11.6 Å². The van der Waals surface area contributed by atoms with Crippen LogP contribution in [0.1, 0.15) is 0 Å². The number of benzene rings is 2. The van der Waals surface area contributed by atoms with Gasteiger partial charge in [-0.25, -0.2) is 9.97 Å². The van der Waals surface area contributed by atoms with E-state index >= 15 is 0 Å². The number of fused-ring (bicyclic) bond motifs is 1. The second-order valence-electron chi connectivity index (χ2n) is 8.29.